The highest BCUT2D eigenvalue weighted by atomic mass is 15.1. The lowest BCUT2D eigenvalue weighted by Crippen LogP contribution is -2.20. The monoisotopic (exact) mass is 268 g/mol. The molecule has 0 heterocycles. The van der Waals surface area contributed by atoms with E-state index < -0.39 is 0 Å². The minimum absolute atomic E-state index is 0.0880. The molecule has 0 saturated carbocycles. The highest BCUT2D eigenvalue weighted by Gasteiger charge is 2.15. The Bertz CT molecular complexity index is 563. The number of aryl methyl sites for hydroxylation is 1. The highest BCUT2D eigenvalue weighted by molar-refractivity contribution is 5.67. The van der Waals surface area contributed by atoms with Crippen LogP contribution in [0.3, 0.4) is 0 Å². The summed E-state index contributed by atoms with van der Waals surface area (Å²) < 4.78 is 0. The topological polar surface area (TPSA) is 29.3 Å². The third-order valence-electron chi connectivity index (χ3n) is 3.70. The maximum Gasteiger partial charge on any atom is 0.0459 e. The Morgan fingerprint density at radius 1 is 1.05 bits per heavy atom. The molecule has 0 saturated heterocycles. The van der Waals surface area contributed by atoms with Gasteiger partial charge in [0.15, 0.2) is 0 Å². The molecule has 0 spiro atoms. The maximum absolute atomic E-state index is 6.27. The van der Waals surface area contributed by atoms with Crippen LogP contribution in [0.5, 0.6) is 0 Å². The van der Waals surface area contributed by atoms with Crippen molar-refractivity contribution in [2.75, 3.05) is 11.4 Å². The van der Waals surface area contributed by atoms with Gasteiger partial charge in [-0.2, -0.15) is 0 Å². The molecule has 2 heteroatoms. The second kappa shape index (κ2) is 6.58. The number of rotatable bonds is 5. The van der Waals surface area contributed by atoms with Crippen LogP contribution in [0.4, 0.5) is 11.4 Å². The van der Waals surface area contributed by atoms with Gasteiger partial charge >= 0.3 is 0 Å². The fraction of sp³-hybridized carbons (Fsp3) is 0.333. The first-order chi connectivity index (χ1) is 9.67. The molecule has 2 aromatic rings. The first kappa shape index (κ1) is 14.6. The predicted octanol–water partition coefficient (Wildman–Crippen LogP) is 4.56. The summed E-state index contributed by atoms with van der Waals surface area (Å²) in [6, 6.07) is 17.2. The molecule has 0 aromatic heterocycles. The van der Waals surface area contributed by atoms with Gasteiger partial charge in [0.05, 0.1) is 0 Å². The van der Waals surface area contributed by atoms with Crippen molar-refractivity contribution in [1.29, 1.82) is 0 Å². The van der Waals surface area contributed by atoms with Gasteiger partial charge in [0, 0.05) is 24.0 Å². The smallest absolute Gasteiger partial charge is 0.0459 e. The number of hydrogen-bond donors (Lipinski definition) is 1. The van der Waals surface area contributed by atoms with E-state index in [-0.39, 0.29) is 6.04 Å². The maximum atomic E-state index is 6.27. The molecule has 20 heavy (non-hydrogen) atoms. The molecule has 2 aromatic carbocycles. The van der Waals surface area contributed by atoms with Crippen molar-refractivity contribution in [3.05, 3.63) is 59.7 Å². The standard InChI is InChI=1S/C18H24N2/c1-4-17(19)16-11-6-7-12-18(16)20(5-2)15-10-8-9-14(3)13-15/h6-13,17H,4-5,19H2,1-3H3/t17-/m0/s1. The van der Waals surface area contributed by atoms with Crippen LogP contribution < -0.4 is 10.6 Å². The predicted molar refractivity (Wildman–Crippen MR) is 87.5 cm³/mol. The molecular weight excluding hydrogens is 244 g/mol. The fourth-order valence-electron chi connectivity index (χ4n) is 2.55. The largest absolute Gasteiger partial charge is 0.341 e. The molecule has 0 radical (unpaired) electrons. The Morgan fingerprint density at radius 3 is 2.45 bits per heavy atom. The van der Waals surface area contributed by atoms with Gasteiger partial charge in [-0.3, -0.25) is 0 Å². The van der Waals surface area contributed by atoms with E-state index in [1.165, 1.54) is 22.5 Å². The number of nitrogens with zero attached hydrogens (tertiary/aromatic N) is 1. The quantitative estimate of drug-likeness (QED) is 0.861. The summed E-state index contributed by atoms with van der Waals surface area (Å²) in [5.41, 5.74) is 11.2. The highest BCUT2D eigenvalue weighted by Crippen LogP contribution is 2.32. The normalized spacial score (nSPS) is 12.2. The van der Waals surface area contributed by atoms with Gasteiger partial charge in [-0.25, -0.2) is 0 Å². The van der Waals surface area contributed by atoms with E-state index in [1.54, 1.807) is 0 Å². The van der Waals surface area contributed by atoms with E-state index in [2.05, 4.69) is 74.2 Å². The van der Waals surface area contributed by atoms with Crippen LogP contribution in [-0.2, 0) is 0 Å². The zero-order valence-corrected chi connectivity index (χ0v) is 12.6. The minimum Gasteiger partial charge on any atom is -0.341 e. The minimum atomic E-state index is 0.0880. The summed E-state index contributed by atoms with van der Waals surface area (Å²) in [4.78, 5) is 2.33. The van der Waals surface area contributed by atoms with E-state index in [0.717, 1.165) is 13.0 Å². The van der Waals surface area contributed by atoms with Crippen LogP contribution in [0.2, 0.25) is 0 Å². The molecule has 0 unspecified atom stereocenters. The Kier molecular flexibility index (Phi) is 4.80. The van der Waals surface area contributed by atoms with Crippen LogP contribution in [0.1, 0.15) is 37.4 Å². The molecule has 2 N–H and O–H groups in total. The molecular formula is C18H24N2. The number of para-hydroxylation sites is 1. The van der Waals surface area contributed by atoms with Crippen molar-refractivity contribution in [1.82, 2.24) is 0 Å². The molecule has 0 aliphatic rings. The van der Waals surface area contributed by atoms with Crippen molar-refractivity contribution >= 4 is 11.4 Å². The molecule has 0 bridgehead atoms. The molecule has 0 fully saturated rings. The van der Waals surface area contributed by atoms with Crippen LogP contribution in [0, 0.1) is 6.92 Å². The van der Waals surface area contributed by atoms with Gasteiger partial charge in [0.2, 0.25) is 0 Å². The third-order valence-corrected chi connectivity index (χ3v) is 3.70. The lowest BCUT2D eigenvalue weighted by Gasteiger charge is -2.28. The lowest BCUT2D eigenvalue weighted by molar-refractivity contribution is 0.697. The second-order valence-electron chi connectivity index (χ2n) is 5.16. The van der Waals surface area contributed by atoms with Gasteiger partial charge in [0.1, 0.15) is 0 Å². The van der Waals surface area contributed by atoms with E-state index in [9.17, 15) is 0 Å². The molecule has 2 nitrogen and oxygen atoms in total. The molecule has 106 valence electrons. The van der Waals surface area contributed by atoms with Crippen LogP contribution in [0.25, 0.3) is 0 Å². The van der Waals surface area contributed by atoms with Crippen molar-refractivity contribution in [2.45, 2.75) is 33.2 Å². The van der Waals surface area contributed by atoms with Crippen molar-refractivity contribution in [3.63, 3.8) is 0 Å². The Labute approximate surface area is 122 Å². The zero-order valence-electron chi connectivity index (χ0n) is 12.6. The van der Waals surface area contributed by atoms with Crippen LogP contribution in [-0.4, -0.2) is 6.54 Å². The summed E-state index contributed by atoms with van der Waals surface area (Å²) in [7, 11) is 0. The summed E-state index contributed by atoms with van der Waals surface area (Å²) in [6.45, 7) is 7.36. The Balaban J connectivity index is 2.47. The number of nitrogens with two attached hydrogens (primary N) is 1. The number of benzene rings is 2. The zero-order chi connectivity index (χ0) is 14.5. The first-order valence-corrected chi connectivity index (χ1v) is 7.36. The van der Waals surface area contributed by atoms with E-state index in [4.69, 9.17) is 5.73 Å². The van der Waals surface area contributed by atoms with Gasteiger partial charge in [-0.05, 0) is 49.6 Å². The number of anilines is 2. The average molecular weight is 268 g/mol. The Morgan fingerprint density at radius 2 is 1.80 bits per heavy atom. The summed E-state index contributed by atoms with van der Waals surface area (Å²) in [6.07, 6.45) is 0.947. The van der Waals surface area contributed by atoms with Gasteiger partial charge in [0.25, 0.3) is 0 Å². The fourth-order valence-corrected chi connectivity index (χ4v) is 2.55. The molecule has 0 aliphatic carbocycles. The van der Waals surface area contributed by atoms with E-state index >= 15 is 0 Å². The van der Waals surface area contributed by atoms with Crippen molar-refractivity contribution in [2.24, 2.45) is 5.73 Å². The van der Waals surface area contributed by atoms with Gasteiger partial charge < -0.3 is 10.6 Å². The third kappa shape index (κ3) is 3.02. The number of hydrogen-bond acceptors (Lipinski definition) is 2. The van der Waals surface area contributed by atoms with Gasteiger partial charge in [-0.15, -0.1) is 0 Å². The summed E-state index contributed by atoms with van der Waals surface area (Å²) in [5, 5.41) is 0. The SMILES string of the molecule is CC[C@H](N)c1ccccc1N(CC)c1cccc(C)c1. The van der Waals surface area contributed by atoms with E-state index in [0.29, 0.717) is 0 Å². The van der Waals surface area contributed by atoms with E-state index in [1.807, 2.05) is 0 Å². The van der Waals surface area contributed by atoms with Crippen LogP contribution in [0.15, 0.2) is 48.5 Å². The average Bonchev–Trinajstić information content (AvgIpc) is 2.48. The molecule has 0 aliphatic heterocycles. The first-order valence-electron chi connectivity index (χ1n) is 7.36. The van der Waals surface area contributed by atoms with Crippen LogP contribution >= 0.6 is 0 Å². The second-order valence-corrected chi connectivity index (χ2v) is 5.16. The summed E-state index contributed by atoms with van der Waals surface area (Å²) in [5.74, 6) is 0. The lowest BCUT2D eigenvalue weighted by atomic mass is 10.0. The molecule has 0 amide bonds. The van der Waals surface area contributed by atoms with Gasteiger partial charge in [-0.1, -0.05) is 37.3 Å². The van der Waals surface area contributed by atoms with Crippen molar-refractivity contribution in [3.8, 4) is 0 Å². The Hall–Kier alpha value is -1.80. The molecule has 1 atom stereocenters. The molecule has 2 rings (SSSR count). The summed E-state index contributed by atoms with van der Waals surface area (Å²) >= 11 is 0. The van der Waals surface area contributed by atoms with Crippen molar-refractivity contribution < 1.29 is 0 Å².